The molecule has 1 fully saturated rings. The van der Waals surface area contributed by atoms with Crippen molar-refractivity contribution in [3.05, 3.63) is 0 Å². The molecule has 0 aromatic rings. The third-order valence-corrected chi connectivity index (χ3v) is 3.82. The fraction of sp³-hybridized carbons (Fsp3) is 0.857. The Labute approximate surface area is 122 Å². The van der Waals surface area contributed by atoms with Gasteiger partial charge < -0.3 is 10.6 Å². The molecule has 0 aliphatic carbocycles. The van der Waals surface area contributed by atoms with Crippen molar-refractivity contribution in [2.24, 2.45) is 5.73 Å². The van der Waals surface area contributed by atoms with E-state index in [0.29, 0.717) is 11.5 Å². The molecule has 1 rings (SSSR count). The highest BCUT2D eigenvalue weighted by Crippen LogP contribution is 2.13. The lowest BCUT2D eigenvalue weighted by Crippen LogP contribution is -2.49. The molecule has 5 heteroatoms. The van der Waals surface area contributed by atoms with E-state index >= 15 is 0 Å². The van der Waals surface area contributed by atoms with Crippen molar-refractivity contribution in [3.8, 4) is 0 Å². The number of rotatable bonds is 6. The Kier molecular flexibility index (Phi) is 7.31. The molecule has 0 spiro atoms. The number of likely N-dealkylation sites (tertiary alicyclic amines) is 1. The van der Waals surface area contributed by atoms with Gasteiger partial charge in [-0.05, 0) is 32.7 Å². The van der Waals surface area contributed by atoms with Crippen LogP contribution in [0.1, 0.15) is 46.0 Å². The van der Waals surface area contributed by atoms with Crippen molar-refractivity contribution in [1.82, 2.24) is 9.80 Å². The number of amides is 1. The van der Waals surface area contributed by atoms with E-state index in [1.807, 2.05) is 11.8 Å². The molecule has 1 heterocycles. The van der Waals surface area contributed by atoms with E-state index in [4.69, 9.17) is 18.0 Å². The summed E-state index contributed by atoms with van der Waals surface area (Å²) in [6, 6.07) is -0.125. The monoisotopic (exact) mass is 285 g/mol. The van der Waals surface area contributed by atoms with Gasteiger partial charge in [-0.2, -0.15) is 0 Å². The second kappa shape index (κ2) is 8.48. The average Bonchev–Trinajstić information content (AvgIpc) is 2.64. The van der Waals surface area contributed by atoms with E-state index in [1.54, 1.807) is 0 Å². The molecule has 0 radical (unpaired) electrons. The van der Waals surface area contributed by atoms with Gasteiger partial charge in [0.25, 0.3) is 0 Å². The predicted octanol–water partition coefficient (Wildman–Crippen LogP) is 1.78. The maximum absolute atomic E-state index is 12.5. The first kappa shape index (κ1) is 16.4. The van der Waals surface area contributed by atoms with Crippen LogP contribution in [0.2, 0.25) is 0 Å². The Hall–Kier alpha value is -0.680. The van der Waals surface area contributed by atoms with E-state index < -0.39 is 0 Å². The van der Waals surface area contributed by atoms with Gasteiger partial charge in [-0.3, -0.25) is 9.69 Å². The van der Waals surface area contributed by atoms with Crippen LogP contribution < -0.4 is 5.73 Å². The summed E-state index contributed by atoms with van der Waals surface area (Å²) >= 11 is 4.98. The second-order valence-corrected chi connectivity index (χ2v) is 5.88. The molecule has 0 bridgehead atoms. The average molecular weight is 285 g/mol. The lowest BCUT2D eigenvalue weighted by Gasteiger charge is -2.31. The van der Waals surface area contributed by atoms with Crippen molar-refractivity contribution >= 4 is 23.1 Å². The van der Waals surface area contributed by atoms with E-state index in [-0.39, 0.29) is 11.9 Å². The van der Waals surface area contributed by atoms with Gasteiger partial charge >= 0.3 is 0 Å². The summed E-state index contributed by atoms with van der Waals surface area (Å²) in [5.41, 5.74) is 5.63. The Bertz CT molecular complexity index is 301. The van der Waals surface area contributed by atoms with Crippen molar-refractivity contribution < 1.29 is 4.79 Å². The van der Waals surface area contributed by atoms with Crippen molar-refractivity contribution in [2.45, 2.75) is 52.0 Å². The van der Waals surface area contributed by atoms with Crippen LogP contribution in [-0.4, -0.2) is 52.9 Å². The SMILES string of the molecule is CCCN(CC(N)=S)C(C)C(=O)N1CCCCCC1. The van der Waals surface area contributed by atoms with Gasteiger partial charge in [-0.1, -0.05) is 32.0 Å². The Morgan fingerprint density at radius 2 is 1.89 bits per heavy atom. The molecule has 1 saturated heterocycles. The van der Waals surface area contributed by atoms with Crippen LogP contribution in [0.25, 0.3) is 0 Å². The molecule has 1 aliphatic heterocycles. The molecule has 1 amide bonds. The van der Waals surface area contributed by atoms with Gasteiger partial charge in [0.15, 0.2) is 0 Å². The Morgan fingerprint density at radius 3 is 2.37 bits per heavy atom. The third-order valence-electron chi connectivity index (χ3n) is 3.69. The maximum atomic E-state index is 12.5. The third kappa shape index (κ3) is 5.45. The molecular weight excluding hydrogens is 258 g/mol. The number of hydrogen-bond donors (Lipinski definition) is 1. The van der Waals surface area contributed by atoms with Gasteiger partial charge in [0, 0.05) is 19.6 Å². The van der Waals surface area contributed by atoms with Crippen molar-refractivity contribution in [3.63, 3.8) is 0 Å². The second-order valence-electron chi connectivity index (χ2n) is 5.35. The molecule has 0 aromatic heterocycles. The zero-order chi connectivity index (χ0) is 14.3. The number of hydrogen-bond acceptors (Lipinski definition) is 3. The van der Waals surface area contributed by atoms with E-state index in [2.05, 4.69) is 11.8 Å². The van der Waals surface area contributed by atoms with Crippen LogP contribution in [0.15, 0.2) is 0 Å². The molecule has 110 valence electrons. The highest BCUT2D eigenvalue weighted by atomic mass is 32.1. The highest BCUT2D eigenvalue weighted by Gasteiger charge is 2.26. The zero-order valence-corrected chi connectivity index (χ0v) is 13.0. The van der Waals surface area contributed by atoms with Gasteiger partial charge in [0.1, 0.15) is 0 Å². The fourth-order valence-electron chi connectivity index (χ4n) is 2.61. The Morgan fingerprint density at radius 1 is 1.32 bits per heavy atom. The molecule has 19 heavy (non-hydrogen) atoms. The van der Waals surface area contributed by atoms with Crippen LogP contribution in [0, 0.1) is 0 Å². The van der Waals surface area contributed by atoms with Gasteiger partial charge in [-0.25, -0.2) is 0 Å². The minimum absolute atomic E-state index is 0.125. The van der Waals surface area contributed by atoms with E-state index in [1.165, 1.54) is 12.8 Å². The molecule has 0 saturated carbocycles. The first-order chi connectivity index (χ1) is 9.06. The van der Waals surface area contributed by atoms with Crippen LogP contribution in [0.4, 0.5) is 0 Å². The van der Waals surface area contributed by atoms with Crippen LogP contribution in [0.3, 0.4) is 0 Å². The van der Waals surface area contributed by atoms with Crippen LogP contribution in [-0.2, 0) is 4.79 Å². The van der Waals surface area contributed by atoms with Crippen molar-refractivity contribution in [1.29, 1.82) is 0 Å². The zero-order valence-electron chi connectivity index (χ0n) is 12.2. The maximum Gasteiger partial charge on any atom is 0.239 e. The summed E-state index contributed by atoms with van der Waals surface area (Å²) in [7, 11) is 0. The van der Waals surface area contributed by atoms with Crippen LogP contribution in [0.5, 0.6) is 0 Å². The minimum atomic E-state index is -0.125. The summed E-state index contributed by atoms with van der Waals surface area (Å²) in [5, 5.41) is 0. The predicted molar refractivity (Wildman–Crippen MR) is 83.2 cm³/mol. The number of nitrogens with zero attached hydrogens (tertiary/aromatic N) is 2. The molecule has 4 nitrogen and oxygen atoms in total. The lowest BCUT2D eigenvalue weighted by molar-refractivity contribution is -0.136. The highest BCUT2D eigenvalue weighted by molar-refractivity contribution is 7.80. The van der Waals surface area contributed by atoms with Gasteiger partial charge in [0.05, 0.1) is 11.0 Å². The standard InChI is InChI=1S/C14H27N3OS/c1-3-8-17(11-13(15)19)12(2)14(18)16-9-6-4-5-7-10-16/h12H,3-11H2,1-2H3,(H2,15,19). The summed E-state index contributed by atoms with van der Waals surface area (Å²) < 4.78 is 0. The molecule has 1 atom stereocenters. The summed E-state index contributed by atoms with van der Waals surface area (Å²) in [6.45, 7) is 7.27. The van der Waals surface area contributed by atoms with E-state index in [9.17, 15) is 4.79 Å². The molecule has 0 aromatic carbocycles. The van der Waals surface area contributed by atoms with Gasteiger partial charge in [0.2, 0.25) is 5.91 Å². The number of thiocarbonyl (C=S) groups is 1. The molecule has 2 N–H and O–H groups in total. The normalized spacial score (nSPS) is 18.2. The first-order valence-corrected chi connectivity index (χ1v) is 7.78. The number of nitrogens with two attached hydrogens (primary N) is 1. The number of carbonyl (C=O) groups excluding carboxylic acids is 1. The van der Waals surface area contributed by atoms with Crippen LogP contribution >= 0.6 is 12.2 Å². The summed E-state index contributed by atoms with van der Waals surface area (Å²) in [6.07, 6.45) is 5.73. The summed E-state index contributed by atoms with van der Waals surface area (Å²) in [5.74, 6) is 0.228. The largest absolute Gasteiger partial charge is 0.392 e. The first-order valence-electron chi connectivity index (χ1n) is 7.37. The summed E-state index contributed by atoms with van der Waals surface area (Å²) in [4.78, 5) is 17.1. The van der Waals surface area contributed by atoms with E-state index in [0.717, 1.165) is 38.9 Å². The number of carbonyl (C=O) groups is 1. The fourth-order valence-corrected chi connectivity index (χ4v) is 2.77. The Balaban J connectivity index is 2.62. The molecule has 1 unspecified atom stereocenters. The molecule has 1 aliphatic rings. The smallest absolute Gasteiger partial charge is 0.239 e. The van der Waals surface area contributed by atoms with Crippen molar-refractivity contribution in [2.75, 3.05) is 26.2 Å². The lowest BCUT2D eigenvalue weighted by atomic mass is 10.2. The minimum Gasteiger partial charge on any atom is -0.392 e. The topological polar surface area (TPSA) is 49.6 Å². The molecular formula is C14H27N3OS. The quantitative estimate of drug-likeness (QED) is 0.756. The van der Waals surface area contributed by atoms with Gasteiger partial charge in [-0.15, -0.1) is 0 Å².